The van der Waals surface area contributed by atoms with E-state index in [4.69, 9.17) is 30.5 Å². The van der Waals surface area contributed by atoms with Gasteiger partial charge in [0.2, 0.25) is 0 Å². The van der Waals surface area contributed by atoms with E-state index < -0.39 is 44.1 Å². The molecule has 0 radical (unpaired) electrons. The average Bonchev–Trinajstić information content (AvgIpc) is 3.80. The molecule has 17 heteroatoms. The van der Waals surface area contributed by atoms with Crippen LogP contribution in [-0.4, -0.2) is 92.5 Å². The number of thiazole rings is 1. The van der Waals surface area contributed by atoms with E-state index in [1.54, 1.807) is 54.2 Å². The van der Waals surface area contributed by atoms with E-state index in [9.17, 15) is 18.0 Å². The molecule has 1 unspecified atom stereocenters. The summed E-state index contributed by atoms with van der Waals surface area (Å²) in [6.07, 6.45) is 3.17. The number of sulfonamides is 1. The number of rotatable bonds is 15. The first-order valence-electron chi connectivity index (χ1n) is 18.1. The number of hydrogen-bond acceptors (Lipinski definition) is 11. The maximum atomic E-state index is 15.8. The van der Waals surface area contributed by atoms with E-state index in [0.29, 0.717) is 43.0 Å². The van der Waals surface area contributed by atoms with Crippen molar-refractivity contribution in [3.63, 3.8) is 0 Å². The van der Waals surface area contributed by atoms with Gasteiger partial charge >= 0.3 is 12.2 Å². The summed E-state index contributed by atoms with van der Waals surface area (Å²) in [6, 6.07) is 6.61. The molecule has 1 saturated heterocycles. The number of halogens is 2. The fraction of sp³-hybridized carbons (Fsp3) is 0.553. The molecule has 13 nitrogen and oxygen atoms in total. The monoisotopic (exact) mass is 825 g/mol. The van der Waals surface area contributed by atoms with Gasteiger partial charge in [0.25, 0.3) is 10.0 Å². The number of ether oxygens (including phenoxy) is 4. The van der Waals surface area contributed by atoms with Gasteiger partial charge in [-0.3, -0.25) is 0 Å². The van der Waals surface area contributed by atoms with Crippen LogP contribution < -0.4 is 19.1 Å². The molecule has 0 bridgehead atoms. The summed E-state index contributed by atoms with van der Waals surface area (Å²) >= 11 is 7.66. The predicted molar refractivity (Wildman–Crippen MR) is 213 cm³/mol. The molecule has 3 aromatic rings. The molecule has 1 fully saturated rings. The molecule has 4 rings (SSSR count). The number of benzene rings is 2. The minimum Gasteiger partial charge on any atom is -0.497 e. The van der Waals surface area contributed by atoms with E-state index in [1.165, 1.54) is 20.4 Å². The first-order valence-corrected chi connectivity index (χ1v) is 20.8. The zero-order valence-corrected chi connectivity index (χ0v) is 35.4. The van der Waals surface area contributed by atoms with Crippen molar-refractivity contribution in [3.8, 4) is 11.5 Å². The number of hydrogen-bond donors (Lipinski definition) is 1. The fourth-order valence-corrected chi connectivity index (χ4v) is 8.69. The highest BCUT2D eigenvalue weighted by molar-refractivity contribution is 7.93. The Morgan fingerprint density at radius 3 is 2.42 bits per heavy atom. The van der Waals surface area contributed by atoms with Crippen molar-refractivity contribution in [1.29, 1.82) is 0 Å². The van der Waals surface area contributed by atoms with Crippen LogP contribution in [0.4, 0.5) is 24.8 Å². The van der Waals surface area contributed by atoms with Crippen molar-refractivity contribution >= 4 is 56.0 Å². The second kappa shape index (κ2) is 18.3. The lowest BCUT2D eigenvalue weighted by Crippen LogP contribution is -2.50. The highest BCUT2D eigenvalue weighted by Gasteiger charge is 2.37. The van der Waals surface area contributed by atoms with Gasteiger partial charge in [0.15, 0.2) is 5.13 Å². The molecule has 0 aliphatic carbocycles. The molecule has 2 aromatic carbocycles. The topological polar surface area (TPSA) is 140 Å². The summed E-state index contributed by atoms with van der Waals surface area (Å²) in [5, 5.41) is 4.88. The van der Waals surface area contributed by atoms with Gasteiger partial charge in [-0.15, -0.1) is 11.3 Å². The van der Waals surface area contributed by atoms with Crippen molar-refractivity contribution in [2.75, 3.05) is 43.5 Å². The Labute approximate surface area is 333 Å². The Hall–Kier alpha value is -4.02. The first kappa shape index (κ1) is 43.7. The zero-order chi connectivity index (χ0) is 40.7. The minimum atomic E-state index is -4.50. The molecule has 304 valence electrons. The molecule has 1 aliphatic heterocycles. The summed E-state index contributed by atoms with van der Waals surface area (Å²) in [5.41, 5.74) is -0.650. The Bertz CT molecular complexity index is 1890. The maximum Gasteiger partial charge on any atom is 0.410 e. The van der Waals surface area contributed by atoms with E-state index in [1.807, 2.05) is 27.7 Å². The van der Waals surface area contributed by atoms with Gasteiger partial charge < -0.3 is 34.1 Å². The molecule has 1 aliphatic rings. The lowest BCUT2D eigenvalue weighted by Gasteiger charge is -2.36. The number of amides is 2. The van der Waals surface area contributed by atoms with Gasteiger partial charge in [0, 0.05) is 48.9 Å². The lowest BCUT2D eigenvalue weighted by molar-refractivity contribution is 0.00247. The van der Waals surface area contributed by atoms with Gasteiger partial charge in [0.1, 0.15) is 33.4 Å². The van der Waals surface area contributed by atoms with E-state index in [2.05, 4.69) is 10.3 Å². The normalized spacial score (nSPS) is 15.3. The first-order chi connectivity index (χ1) is 25.7. The van der Waals surface area contributed by atoms with Gasteiger partial charge in [0.05, 0.1) is 37.5 Å². The predicted octanol–water partition coefficient (Wildman–Crippen LogP) is 8.57. The van der Waals surface area contributed by atoms with E-state index >= 15 is 4.39 Å². The zero-order valence-electron chi connectivity index (χ0n) is 33.0. The van der Waals surface area contributed by atoms with Crippen LogP contribution in [0.2, 0.25) is 5.02 Å². The molecular weight excluding hydrogens is 773 g/mol. The summed E-state index contributed by atoms with van der Waals surface area (Å²) in [6.45, 7) is 13.7. The Balaban J connectivity index is 1.46. The van der Waals surface area contributed by atoms with Crippen LogP contribution >= 0.6 is 22.9 Å². The smallest absolute Gasteiger partial charge is 0.410 e. The van der Waals surface area contributed by atoms with Gasteiger partial charge in [-0.05, 0) is 98.4 Å². The standard InChI is InChI=1S/C38H53ClFN5O8S2/c1-25(44(36(47)53-38(5,6)7)24-27-13-11-18-43(27)35(46)52-37(2,3)4)12-10-16-41-31-22-30(40)33(21-29(31)39)55(48,49)45(34-42-17-19-54-34)23-26-14-15-28(50-8)20-32(26)51-9/h14-15,17,19-22,25,27,41H,10-13,16,18,23-24H2,1-9H3/t25?,27-/m0/s1. The number of anilines is 2. The molecule has 1 aromatic heterocycles. The minimum absolute atomic E-state index is 0.00740. The highest BCUT2D eigenvalue weighted by Crippen LogP contribution is 2.35. The van der Waals surface area contributed by atoms with Crippen LogP contribution in [0, 0.1) is 5.82 Å². The fourth-order valence-electron chi connectivity index (χ4n) is 6.06. The molecular formula is C38H53ClFN5O8S2. The Kier molecular flexibility index (Phi) is 14.5. The summed E-state index contributed by atoms with van der Waals surface area (Å²) < 4.78 is 67.1. The summed E-state index contributed by atoms with van der Waals surface area (Å²) in [4.78, 5) is 33.4. The molecule has 55 heavy (non-hydrogen) atoms. The maximum absolute atomic E-state index is 15.8. The number of carbonyl (C=O) groups excluding carboxylic acids is 2. The molecule has 2 amide bonds. The molecule has 2 atom stereocenters. The third kappa shape index (κ3) is 11.7. The SMILES string of the molecule is COc1ccc(CN(c2nccs2)S(=O)(=O)c2cc(Cl)c(NCCCC(C)N(C[C@@H]3CCCN3C(=O)OC(C)(C)C)C(=O)OC(C)(C)C)cc2F)c(OC)c1. The largest absolute Gasteiger partial charge is 0.497 e. The number of aromatic nitrogens is 1. The van der Waals surface area contributed by atoms with Crippen molar-refractivity contribution in [1.82, 2.24) is 14.8 Å². The van der Waals surface area contributed by atoms with Gasteiger partial charge in [-0.25, -0.2) is 31.7 Å². The second-order valence-electron chi connectivity index (χ2n) is 15.3. The quantitative estimate of drug-likeness (QED) is 0.148. The number of nitrogens with one attached hydrogen (secondary N) is 1. The second-order valence-corrected chi connectivity index (χ2v) is 18.4. The lowest BCUT2D eigenvalue weighted by atomic mass is 10.1. The number of nitrogens with zero attached hydrogens (tertiary/aromatic N) is 4. The number of carbonyl (C=O) groups is 2. The Morgan fingerprint density at radius 2 is 1.80 bits per heavy atom. The van der Waals surface area contributed by atoms with Crippen LogP contribution in [-0.2, 0) is 26.0 Å². The molecule has 1 N–H and O–H groups in total. The van der Waals surface area contributed by atoms with E-state index in [0.717, 1.165) is 40.6 Å². The van der Waals surface area contributed by atoms with Crippen LogP contribution in [0.1, 0.15) is 79.7 Å². The molecule has 0 spiro atoms. The van der Waals surface area contributed by atoms with Crippen molar-refractivity contribution < 1.29 is 41.3 Å². The summed E-state index contributed by atoms with van der Waals surface area (Å²) in [7, 11) is -1.54. The number of likely N-dealkylation sites (tertiary alicyclic amines) is 1. The Morgan fingerprint density at radius 1 is 1.09 bits per heavy atom. The molecule has 0 saturated carbocycles. The third-order valence-electron chi connectivity index (χ3n) is 8.72. The van der Waals surface area contributed by atoms with Crippen LogP contribution in [0.3, 0.4) is 0 Å². The van der Waals surface area contributed by atoms with Gasteiger partial charge in [-0.2, -0.15) is 0 Å². The van der Waals surface area contributed by atoms with Crippen LogP contribution in [0.5, 0.6) is 11.5 Å². The molecule has 2 heterocycles. The third-order valence-corrected chi connectivity index (χ3v) is 11.7. The number of methoxy groups -OCH3 is 2. The summed E-state index contributed by atoms with van der Waals surface area (Å²) in [5.74, 6) is -0.0829. The van der Waals surface area contributed by atoms with Crippen molar-refractivity contribution in [2.24, 2.45) is 0 Å². The van der Waals surface area contributed by atoms with Crippen molar-refractivity contribution in [2.45, 2.75) is 109 Å². The average molecular weight is 826 g/mol. The highest BCUT2D eigenvalue weighted by atomic mass is 35.5. The van der Waals surface area contributed by atoms with Crippen LogP contribution in [0.15, 0.2) is 46.8 Å². The van der Waals surface area contributed by atoms with Gasteiger partial charge in [-0.1, -0.05) is 11.6 Å². The van der Waals surface area contributed by atoms with Crippen LogP contribution in [0.25, 0.3) is 0 Å². The van der Waals surface area contributed by atoms with Crippen molar-refractivity contribution in [3.05, 3.63) is 58.3 Å². The van der Waals surface area contributed by atoms with E-state index in [-0.39, 0.29) is 41.0 Å².